The number of nitrogens with zero attached hydrogens (tertiary/aromatic N) is 3. The van der Waals surface area contributed by atoms with E-state index in [4.69, 9.17) is 0 Å². The van der Waals surface area contributed by atoms with Crippen LogP contribution in [0.2, 0.25) is 0 Å². The summed E-state index contributed by atoms with van der Waals surface area (Å²) >= 11 is 0. The van der Waals surface area contributed by atoms with Crippen molar-refractivity contribution in [3.8, 4) is 0 Å². The smallest absolute Gasteiger partial charge is 0.0639 e. The van der Waals surface area contributed by atoms with Crippen molar-refractivity contribution in [3.63, 3.8) is 0 Å². The summed E-state index contributed by atoms with van der Waals surface area (Å²) in [4.78, 5) is 11.0. The zero-order chi connectivity index (χ0) is 15.2. The number of rotatable bonds is 6. The first-order valence-electron chi connectivity index (χ1n) is 7.42. The molecule has 2 aromatic heterocycles. The Hall–Kier alpha value is -1.94. The normalized spacial score (nSPS) is 12.2. The molecule has 0 aliphatic rings. The summed E-state index contributed by atoms with van der Waals surface area (Å²) in [6, 6.07) is 7.99. The van der Waals surface area contributed by atoms with Gasteiger partial charge in [-0.2, -0.15) is 0 Å². The molecule has 0 radical (unpaired) electrons. The second-order valence-corrected chi connectivity index (χ2v) is 5.21. The van der Waals surface area contributed by atoms with Crippen LogP contribution in [0.15, 0.2) is 36.7 Å². The van der Waals surface area contributed by atoms with E-state index in [0.29, 0.717) is 0 Å². The molecule has 0 saturated heterocycles. The van der Waals surface area contributed by atoms with Crippen LogP contribution in [0.5, 0.6) is 0 Å². The van der Waals surface area contributed by atoms with Crippen LogP contribution < -0.4 is 4.90 Å². The molecule has 0 fully saturated rings. The summed E-state index contributed by atoms with van der Waals surface area (Å²) < 4.78 is 0. The van der Waals surface area contributed by atoms with Gasteiger partial charge in [0.2, 0.25) is 0 Å². The molecule has 2 rings (SSSR count). The van der Waals surface area contributed by atoms with Crippen molar-refractivity contribution >= 4 is 11.4 Å². The number of aliphatic hydroxyl groups excluding tert-OH is 1. The number of aliphatic hydroxyl groups is 1. The lowest BCUT2D eigenvalue weighted by Gasteiger charge is -2.34. The van der Waals surface area contributed by atoms with E-state index in [9.17, 15) is 5.11 Å². The Morgan fingerprint density at radius 1 is 1.05 bits per heavy atom. The third-order valence-corrected chi connectivity index (χ3v) is 3.67. The molecular formula is C17H23N3O. The molecule has 0 aliphatic carbocycles. The Labute approximate surface area is 126 Å². The fourth-order valence-corrected chi connectivity index (χ4v) is 2.62. The number of aryl methyl sites for hydroxylation is 2. The van der Waals surface area contributed by atoms with Crippen LogP contribution in [0.3, 0.4) is 0 Å². The minimum absolute atomic E-state index is 0.0285. The average Bonchev–Trinajstić information content (AvgIpc) is 2.50. The zero-order valence-electron chi connectivity index (χ0n) is 13.0. The number of hydrogen-bond acceptors (Lipinski definition) is 4. The van der Waals surface area contributed by atoms with Crippen LogP contribution in [0, 0.1) is 13.8 Å². The van der Waals surface area contributed by atoms with Gasteiger partial charge in [-0.05, 0) is 44.5 Å². The van der Waals surface area contributed by atoms with Gasteiger partial charge < -0.3 is 10.0 Å². The standard InChI is InChI=1S/C17H23N3O/c1-4-7-15(12-21)20(16-8-5-10-18-13(16)2)17-9-6-11-19-14(17)3/h5-6,8-11,15,21H,4,7,12H2,1-3H3. The van der Waals surface area contributed by atoms with Crippen molar-refractivity contribution in [2.24, 2.45) is 0 Å². The van der Waals surface area contributed by atoms with E-state index in [2.05, 4.69) is 21.8 Å². The number of hydrogen-bond donors (Lipinski definition) is 1. The Kier molecular flexibility index (Phi) is 5.28. The minimum atomic E-state index is 0.0285. The Morgan fingerprint density at radius 3 is 1.95 bits per heavy atom. The molecule has 4 nitrogen and oxygen atoms in total. The molecule has 2 aromatic rings. The van der Waals surface area contributed by atoms with Gasteiger partial charge in [0.25, 0.3) is 0 Å². The molecule has 0 amide bonds. The topological polar surface area (TPSA) is 49.2 Å². The molecule has 0 saturated carbocycles. The summed E-state index contributed by atoms with van der Waals surface area (Å²) in [5.74, 6) is 0. The van der Waals surface area contributed by atoms with Gasteiger partial charge in [0, 0.05) is 12.4 Å². The second-order valence-electron chi connectivity index (χ2n) is 5.21. The molecule has 4 heteroatoms. The fourth-order valence-electron chi connectivity index (χ4n) is 2.62. The Bertz CT molecular complexity index is 540. The lowest BCUT2D eigenvalue weighted by atomic mass is 10.1. The van der Waals surface area contributed by atoms with Gasteiger partial charge in [-0.1, -0.05) is 13.3 Å². The predicted molar refractivity (Wildman–Crippen MR) is 85.9 cm³/mol. The van der Waals surface area contributed by atoms with E-state index >= 15 is 0 Å². The van der Waals surface area contributed by atoms with Crippen LogP contribution in [-0.4, -0.2) is 27.7 Å². The third-order valence-electron chi connectivity index (χ3n) is 3.67. The molecule has 21 heavy (non-hydrogen) atoms. The van der Waals surface area contributed by atoms with Crippen LogP contribution in [0.4, 0.5) is 11.4 Å². The van der Waals surface area contributed by atoms with Gasteiger partial charge in [-0.25, -0.2) is 0 Å². The maximum Gasteiger partial charge on any atom is 0.0639 e. The second kappa shape index (κ2) is 7.18. The highest BCUT2D eigenvalue weighted by molar-refractivity contribution is 5.67. The number of anilines is 2. The van der Waals surface area contributed by atoms with Gasteiger partial charge in [-0.15, -0.1) is 0 Å². The van der Waals surface area contributed by atoms with E-state index in [1.807, 2.05) is 38.1 Å². The molecular weight excluding hydrogens is 262 g/mol. The number of aromatic nitrogens is 2. The van der Waals surface area contributed by atoms with Crippen molar-refractivity contribution in [2.75, 3.05) is 11.5 Å². The fraction of sp³-hybridized carbons (Fsp3) is 0.412. The summed E-state index contributed by atoms with van der Waals surface area (Å²) in [5.41, 5.74) is 3.97. The van der Waals surface area contributed by atoms with Crippen molar-refractivity contribution in [1.82, 2.24) is 9.97 Å². The molecule has 112 valence electrons. The molecule has 0 bridgehead atoms. The first kappa shape index (κ1) is 15.4. The average molecular weight is 285 g/mol. The highest BCUT2D eigenvalue weighted by atomic mass is 16.3. The first-order chi connectivity index (χ1) is 10.2. The van der Waals surface area contributed by atoms with Crippen molar-refractivity contribution in [1.29, 1.82) is 0 Å². The van der Waals surface area contributed by atoms with Gasteiger partial charge in [-0.3, -0.25) is 9.97 Å². The third kappa shape index (κ3) is 3.39. The van der Waals surface area contributed by atoms with Gasteiger partial charge >= 0.3 is 0 Å². The quantitative estimate of drug-likeness (QED) is 0.884. The summed E-state index contributed by atoms with van der Waals surface area (Å²) in [6.07, 6.45) is 5.52. The lowest BCUT2D eigenvalue weighted by molar-refractivity contribution is 0.258. The number of pyridine rings is 2. The van der Waals surface area contributed by atoms with Gasteiger partial charge in [0.15, 0.2) is 0 Å². The summed E-state index contributed by atoms with van der Waals surface area (Å²) in [6.45, 7) is 6.23. The highest BCUT2D eigenvalue weighted by Crippen LogP contribution is 2.32. The maximum atomic E-state index is 9.85. The molecule has 1 unspecified atom stereocenters. The largest absolute Gasteiger partial charge is 0.394 e. The Morgan fingerprint density at radius 2 is 1.57 bits per heavy atom. The highest BCUT2D eigenvalue weighted by Gasteiger charge is 2.22. The van der Waals surface area contributed by atoms with Gasteiger partial charge in [0.05, 0.1) is 35.4 Å². The molecule has 1 N–H and O–H groups in total. The summed E-state index contributed by atoms with van der Waals surface area (Å²) in [7, 11) is 0. The van der Waals surface area contributed by atoms with E-state index in [1.165, 1.54) is 0 Å². The first-order valence-corrected chi connectivity index (χ1v) is 7.42. The van der Waals surface area contributed by atoms with E-state index < -0.39 is 0 Å². The van der Waals surface area contributed by atoms with E-state index in [1.54, 1.807) is 12.4 Å². The van der Waals surface area contributed by atoms with Crippen LogP contribution in [0.25, 0.3) is 0 Å². The SMILES string of the molecule is CCCC(CO)N(c1cccnc1C)c1cccnc1C. The molecule has 2 heterocycles. The maximum absolute atomic E-state index is 9.85. The van der Waals surface area contributed by atoms with Crippen LogP contribution in [-0.2, 0) is 0 Å². The molecule has 1 atom stereocenters. The monoisotopic (exact) mass is 285 g/mol. The molecule has 0 spiro atoms. The molecule has 0 aromatic carbocycles. The zero-order valence-corrected chi connectivity index (χ0v) is 13.0. The predicted octanol–water partition coefficient (Wildman–Crippen LogP) is 3.39. The Balaban J connectivity index is 2.54. The van der Waals surface area contributed by atoms with Gasteiger partial charge in [0.1, 0.15) is 0 Å². The van der Waals surface area contributed by atoms with E-state index in [-0.39, 0.29) is 12.6 Å². The van der Waals surface area contributed by atoms with Crippen molar-refractivity contribution in [3.05, 3.63) is 48.0 Å². The van der Waals surface area contributed by atoms with Crippen LogP contribution in [0.1, 0.15) is 31.2 Å². The van der Waals surface area contributed by atoms with Crippen molar-refractivity contribution in [2.45, 2.75) is 39.7 Å². The lowest BCUT2D eigenvalue weighted by Crippen LogP contribution is -2.35. The van der Waals surface area contributed by atoms with Crippen molar-refractivity contribution < 1.29 is 5.11 Å². The minimum Gasteiger partial charge on any atom is -0.394 e. The van der Waals surface area contributed by atoms with Crippen LogP contribution >= 0.6 is 0 Å². The summed E-state index contributed by atoms with van der Waals surface area (Å²) in [5, 5.41) is 9.85. The van der Waals surface area contributed by atoms with E-state index in [0.717, 1.165) is 35.6 Å². The molecule has 0 aliphatic heterocycles.